The van der Waals surface area contributed by atoms with Gasteiger partial charge in [-0.15, -0.1) is 0 Å². The van der Waals surface area contributed by atoms with Gasteiger partial charge >= 0.3 is 0 Å². The summed E-state index contributed by atoms with van der Waals surface area (Å²) in [5.74, 6) is 0.742. The van der Waals surface area contributed by atoms with Crippen molar-refractivity contribution in [2.24, 2.45) is 0 Å². The average Bonchev–Trinajstić information content (AvgIpc) is 3.26. The lowest BCUT2D eigenvalue weighted by Crippen LogP contribution is -2.14. The Bertz CT molecular complexity index is 2120. The van der Waals surface area contributed by atoms with Crippen LogP contribution in [0, 0.1) is 0 Å². The predicted molar refractivity (Wildman–Crippen MR) is 171 cm³/mol. The largest absolute Gasteiger partial charge is 0.228 e. The first-order chi connectivity index (χ1) is 20.1. The standard InChI is InChI=1S/C39H28N2/c1-39(2)34-13-7-5-11-31(34)32-22-21-30(24-35(32)39)37-33-12-6-8-14-36(33)40-38(41-37)27-18-15-26(16-19-27)29-20-17-25-9-3-4-10-28(25)23-29/h3-24H,1-2H3. The second-order valence-corrected chi connectivity index (χ2v) is 11.5. The van der Waals surface area contributed by atoms with Crippen molar-refractivity contribution in [1.29, 1.82) is 0 Å². The number of fused-ring (bicyclic) bond motifs is 5. The van der Waals surface area contributed by atoms with Crippen molar-refractivity contribution in [2.45, 2.75) is 19.3 Å². The number of para-hydroxylation sites is 1. The Balaban J connectivity index is 1.23. The lowest BCUT2D eigenvalue weighted by molar-refractivity contribution is 0.660. The van der Waals surface area contributed by atoms with E-state index in [4.69, 9.17) is 9.97 Å². The minimum absolute atomic E-state index is 0.0633. The van der Waals surface area contributed by atoms with Crippen LogP contribution in [0.1, 0.15) is 25.0 Å². The first-order valence-corrected chi connectivity index (χ1v) is 14.2. The highest BCUT2D eigenvalue weighted by Crippen LogP contribution is 2.49. The maximum atomic E-state index is 5.20. The molecule has 0 spiro atoms. The van der Waals surface area contributed by atoms with Gasteiger partial charge < -0.3 is 0 Å². The second kappa shape index (κ2) is 8.97. The summed E-state index contributed by atoms with van der Waals surface area (Å²) in [6.45, 7) is 4.64. The van der Waals surface area contributed by atoms with Crippen molar-refractivity contribution >= 4 is 21.7 Å². The third-order valence-electron chi connectivity index (χ3n) is 8.69. The van der Waals surface area contributed by atoms with Crippen LogP contribution in [0.15, 0.2) is 133 Å². The van der Waals surface area contributed by atoms with Gasteiger partial charge in [0.15, 0.2) is 5.82 Å². The molecule has 2 heteroatoms. The maximum absolute atomic E-state index is 5.20. The van der Waals surface area contributed by atoms with Crippen LogP contribution in [0.3, 0.4) is 0 Å². The van der Waals surface area contributed by atoms with Gasteiger partial charge in [-0.25, -0.2) is 9.97 Å². The van der Waals surface area contributed by atoms with Crippen LogP contribution in [0.5, 0.6) is 0 Å². The van der Waals surface area contributed by atoms with E-state index >= 15 is 0 Å². The molecule has 1 aliphatic carbocycles. The fraction of sp³-hybridized carbons (Fsp3) is 0.0769. The summed E-state index contributed by atoms with van der Waals surface area (Å²) in [6, 6.07) is 47.7. The van der Waals surface area contributed by atoms with Gasteiger partial charge in [-0.05, 0) is 62.4 Å². The van der Waals surface area contributed by atoms with Gasteiger partial charge in [0.2, 0.25) is 0 Å². The Hall–Kier alpha value is -5.08. The molecule has 0 fully saturated rings. The molecule has 7 aromatic rings. The molecule has 0 radical (unpaired) electrons. The van der Waals surface area contributed by atoms with E-state index in [1.54, 1.807) is 0 Å². The number of hydrogen-bond donors (Lipinski definition) is 0. The number of benzene rings is 6. The summed E-state index contributed by atoms with van der Waals surface area (Å²) in [6.07, 6.45) is 0. The maximum Gasteiger partial charge on any atom is 0.160 e. The van der Waals surface area contributed by atoms with Gasteiger partial charge in [-0.2, -0.15) is 0 Å². The zero-order valence-corrected chi connectivity index (χ0v) is 23.1. The third-order valence-corrected chi connectivity index (χ3v) is 8.69. The lowest BCUT2D eigenvalue weighted by atomic mass is 9.82. The molecule has 6 aromatic carbocycles. The van der Waals surface area contributed by atoms with Gasteiger partial charge in [0.05, 0.1) is 11.2 Å². The fourth-order valence-electron chi connectivity index (χ4n) is 6.46. The molecular weight excluding hydrogens is 496 g/mol. The van der Waals surface area contributed by atoms with Gasteiger partial charge in [0, 0.05) is 21.9 Å². The van der Waals surface area contributed by atoms with Crippen molar-refractivity contribution in [3.63, 3.8) is 0 Å². The molecule has 0 saturated heterocycles. The number of rotatable bonds is 3. The molecule has 0 aliphatic heterocycles. The summed E-state index contributed by atoms with van der Waals surface area (Å²) in [5, 5.41) is 3.57. The van der Waals surface area contributed by atoms with Crippen LogP contribution in [-0.4, -0.2) is 9.97 Å². The minimum Gasteiger partial charge on any atom is -0.228 e. The van der Waals surface area contributed by atoms with Crippen LogP contribution in [0.25, 0.3) is 66.6 Å². The molecule has 1 heterocycles. The van der Waals surface area contributed by atoms with Crippen molar-refractivity contribution in [3.8, 4) is 44.9 Å². The molecular formula is C39H28N2. The van der Waals surface area contributed by atoms with Gasteiger partial charge in [-0.1, -0.05) is 129 Å². The van der Waals surface area contributed by atoms with E-state index in [0.717, 1.165) is 33.5 Å². The minimum atomic E-state index is -0.0633. The fourth-order valence-corrected chi connectivity index (χ4v) is 6.46. The monoisotopic (exact) mass is 524 g/mol. The highest BCUT2D eigenvalue weighted by Gasteiger charge is 2.35. The molecule has 0 unspecified atom stereocenters. The molecule has 194 valence electrons. The topological polar surface area (TPSA) is 25.8 Å². The van der Waals surface area contributed by atoms with Gasteiger partial charge in [0.25, 0.3) is 0 Å². The molecule has 41 heavy (non-hydrogen) atoms. The Morgan fingerprint density at radius 3 is 2.00 bits per heavy atom. The summed E-state index contributed by atoms with van der Waals surface area (Å²) < 4.78 is 0. The zero-order valence-electron chi connectivity index (χ0n) is 23.1. The summed E-state index contributed by atoms with van der Waals surface area (Å²) in [7, 11) is 0. The van der Waals surface area contributed by atoms with Crippen LogP contribution < -0.4 is 0 Å². The zero-order chi connectivity index (χ0) is 27.6. The molecule has 2 nitrogen and oxygen atoms in total. The molecule has 0 N–H and O–H groups in total. The van der Waals surface area contributed by atoms with Crippen molar-refractivity contribution in [2.75, 3.05) is 0 Å². The Kier molecular flexibility index (Phi) is 5.20. The Morgan fingerprint density at radius 2 is 1.12 bits per heavy atom. The number of hydrogen-bond acceptors (Lipinski definition) is 2. The Labute approximate surface area is 240 Å². The average molecular weight is 525 g/mol. The molecule has 0 saturated carbocycles. The van der Waals surface area contributed by atoms with Crippen LogP contribution in [-0.2, 0) is 5.41 Å². The summed E-state index contributed by atoms with van der Waals surface area (Å²) in [4.78, 5) is 10.2. The van der Waals surface area contributed by atoms with E-state index in [-0.39, 0.29) is 5.41 Å². The predicted octanol–water partition coefficient (Wildman–Crippen LogP) is 10.1. The molecule has 0 atom stereocenters. The molecule has 1 aliphatic rings. The van der Waals surface area contributed by atoms with Gasteiger partial charge in [-0.3, -0.25) is 0 Å². The number of aromatic nitrogens is 2. The van der Waals surface area contributed by atoms with Crippen LogP contribution >= 0.6 is 0 Å². The number of nitrogens with zero attached hydrogens (tertiary/aromatic N) is 2. The van der Waals surface area contributed by atoms with E-state index in [9.17, 15) is 0 Å². The summed E-state index contributed by atoms with van der Waals surface area (Å²) >= 11 is 0. The Morgan fingerprint density at radius 1 is 0.463 bits per heavy atom. The lowest BCUT2D eigenvalue weighted by Gasteiger charge is -2.22. The van der Waals surface area contributed by atoms with E-state index in [1.165, 1.54) is 44.2 Å². The molecule has 0 amide bonds. The third kappa shape index (κ3) is 3.79. The van der Waals surface area contributed by atoms with E-state index in [1.807, 2.05) is 6.07 Å². The van der Waals surface area contributed by atoms with Gasteiger partial charge in [0.1, 0.15) is 0 Å². The molecule has 0 bridgehead atoms. The highest BCUT2D eigenvalue weighted by atomic mass is 14.9. The van der Waals surface area contributed by atoms with Crippen molar-refractivity contribution in [3.05, 3.63) is 145 Å². The highest BCUT2D eigenvalue weighted by molar-refractivity contribution is 5.95. The molecule has 1 aromatic heterocycles. The van der Waals surface area contributed by atoms with Crippen LogP contribution in [0.2, 0.25) is 0 Å². The second-order valence-electron chi connectivity index (χ2n) is 11.5. The smallest absolute Gasteiger partial charge is 0.160 e. The van der Waals surface area contributed by atoms with Crippen molar-refractivity contribution in [1.82, 2.24) is 9.97 Å². The molecule has 8 rings (SSSR count). The summed E-state index contributed by atoms with van der Waals surface area (Å²) in [5.41, 5.74) is 11.8. The first-order valence-electron chi connectivity index (χ1n) is 14.2. The quantitative estimate of drug-likeness (QED) is 0.230. The first kappa shape index (κ1) is 23.8. The van der Waals surface area contributed by atoms with E-state index in [2.05, 4.69) is 141 Å². The SMILES string of the molecule is CC1(C)c2ccccc2-c2ccc(-c3nc(-c4ccc(-c5ccc6ccccc6c5)cc4)nc4ccccc34)cc21. The normalized spacial score (nSPS) is 13.3. The van der Waals surface area contributed by atoms with Crippen molar-refractivity contribution < 1.29 is 0 Å². The van der Waals surface area contributed by atoms with E-state index in [0.29, 0.717) is 0 Å². The van der Waals surface area contributed by atoms with E-state index < -0.39 is 0 Å². The van der Waals surface area contributed by atoms with Crippen LogP contribution in [0.4, 0.5) is 0 Å².